The van der Waals surface area contributed by atoms with Gasteiger partial charge < -0.3 is 20.3 Å². The summed E-state index contributed by atoms with van der Waals surface area (Å²) in [4.78, 5) is 21.4. The highest BCUT2D eigenvalue weighted by molar-refractivity contribution is 5.89. The predicted octanol–water partition coefficient (Wildman–Crippen LogP) is 0.642. The largest absolute Gasteiger partial charge is 0.489 e. The molecule has 0 saturated heterocycles. The Bertz CT molecular complexity index is 457. The molecule has 0 fully saturated rings. The molecule has 1 atom stereocenters. The van der Waals surface area contributed by atoms with Crippen LogP contribution < -0.4 is 10.1 Å². The van der Waals surface area contributed by atoms with Crippen molar-refractivity contribution in [1.29, 1.82) is 0 Å². The minimum atomic E-state index is -1.05. The first-order valence-electron chi connectivity index (χ1n) is 4.57. The van der Waals surface area contributed by atoms with Crippen molar-refractivity contribution in [2.24, 2.45) is 0 Å². The molecule has 84 valence electrons. The number of aromatic carboxylic acids is 1. The van der Waals surface area contributed by atoms with Gasteiger partial charge in [0.15, 0.2) is 6.04 Å². The monoisotopic (exact) mass is 223 g/mol. The highest BCUT2D eigenvalue weighted by Gasteiger charge is 2.25. The quantitative estimate of drug-likeness (QED) is 0.681. The number of rotatable bonds is 2. The van der Waals surface area contributed by atoms with E-state index in [9.17, 15) is 9.59 Å². The summed E-state index contributed by atoms with van der Waals surface area (Å²) in [6, 6.07) is 3.45. The molecule has 0 saturated carbocycles. The molecule has 1 aromatic carbocycles. The number of hydrogen-bond donors (Lipinski definition) is 3. The lowest BCUT2D eigenvalue weighted by Gasteiger charge is -2.24. The number of fused-ring (bicyclic) bond motifs is 1. The third-order valence-corrected chi connectivity index (χ3v) is 2.26. The second-order valence-corrected chi connectivity index (χ2v) is 3.36. The summed E-state index contributed by atoms with van der Waals surface area (Å²) in [7, 11) is 0. The molecule has 3 N–H and O–H groups in total. The SMILES string of the molecule is O=C(O)c1ccc2c(c1)OCC(C(=O)O)N2. The van der Waals surface area contributed by atoms with Gasteiger partial charge in [0, 0.05) is 0 Å². The van der Waals surface area contributed by atoms with Gasteiger partial charge in [0.25, 0.3) is 0 Å². The van der Waals surface area contributed by atoms with Crippen molar-refractivity contribution in [3.05, 3.63) is 23.8 Å². The normalized spacial score (nSPS) is 17.9. The summed E-state index contributed by atoms with van der Waals surface area (Å²) in [6.45, 7) is -0.0224. The Balaban J connectivity index is 2.29. The van der Waals surface area contributed by atoms with E-state index >= 15 is 0 Å². The first-order chi connectivity index (χ1) is 7.58. The van der Waals surface area contributed by atoms with Crippen LogP contribution in [0.2, 0.25) is 0 Å². The smallest absolute Gasteiger partial charge is 0.335 e. The van der Waals surface area contributed by atoms with Gasteiger partial charge in [-0.25, -0.2) is 9.59 Å². The fourth-order valence-corrected chi connectivity index (χ4v) is 1.43. The Hall–Kier alpha value is -2.24. The second-order valence-electron chi connectivity index (χ2n) is 3.36. The van der Waals surface area contributed by atoms with Crippen molar-refractivity contribution >= 4 is 17.6 Å². The third kappa shape index (κ3) is 1.77. The Morgan fingerprint density at radius 3 is 2.75 bits per heavy atom. The van der Waals surface area contributed by atoms with Crippen molar-refractivity contribution in [2.45, 2.75) is 6.04 Å². The van der Waals surface area contributed by atoms with E-state index in [1.807, 2.05) is 0 Å². The number of anilines is 1. The first-order valence-corrected chi connectivity index (χ1v) is 4.57. The van der Waals surface area contributed by atoms with E-state index in [4.69, 9.17) is 14.9 Å². The number of aliphatic carboxylic acids is 1. The molecule has 0 amide bonds. The number of carboxylic acid groups (broad SMARTS) is 2. The molecule has 1 aromatic rings. The number of nitrogens with one attached hydrogen (secondary N) is 1. The van der Waals surface area contributed by atoms with Crippen LogP contribution in [0.15, 0.2) is 18.2 Å². The number of carbonyl (C=O) groups is 2. The average molecular weight is 223 g/mol. The van der Waals surface area contributed by atoms with Crippen LogP contribution >= 0.6 is 0 Å². The van der Waals surface area contributed by atoms with E-state index < -0.39 is 18.0 Å². The number of carboxylic acids is 2. The van der Waals surface area contributed by atoms with Gasteiger partial charge in [-0.15, -0.1) is 0 Å². The second kappa shape index (κ2) is 3.73. The van der Waals surface area contributed by atoms with E-state index in [0.717, 1.165) is 0 Å². The van der Waals surface area contributed by atoms with Crippen LogP contribution in [-0.4, -0.2) is 34.8 Å². The van der Waals surface area contributed by atoms with Gasteiger partial charge in [0.1, 0.15) is 12.4 Å². The van der Waals surface area contributed by atoms with Gasteiger partial charge in [0.2, 0.25) is 0 Å². The van der Waals surface area contributed by atoms with E-state index in [1.165, 1.54) is 18.2 Å². The molecule has 1 heterocycles. The predicted molar refractivity (Wildman–Crippen MR) is 53.9 cm³/mol. The Morgan fingerprint density at radius 1 is 1.38 bits per heavy atom. The summed E-state index contributed by atoms with van der Waals surface area (Å²) in [5.41, 5.74) is 0.595. The van der Waals surface area contributed by atoms with Crippen LogP contribution in [0.3, 0.4) is 0 Å². The van der Waals surface area contributed by atoms with Crippen molar-refractivity contribution in [3.8, 4) is 5.75 Å². The maximum atomic E-state index is 10.7. The summed E-state index contributed by atoms with van der Waals surface area (Å²) in [5.74, 6) is -1.70. The van der Waals surface area contributed by atoms with Gasteiger partial charge in [-0.2, -0.15) is 0 Å². The standard InChI is InChI=1S/C10H9NO5/c12-9(13)5-1-2-6-8(3-5)16-4-7(11-6)10(14)15/h1-3,7,11H,4H2,(H,12,13)(H,14,15). The number of hydrogen-bond acceptors (Lipinski definition) is 4. The maximum Gasteiger partial charge on any atom is 0.335 e. The van der Waals surface area contributed by atoms with Crippen LogP contribution in [0.25, 0.3) is 0 Å². The molecule has 0 bridgehead atoms. The van der Waals surface area contributed by atoms with E-state index in [1.54, 1.807) is 0 Å². The Morgan fingerprint density at radius 2 is 2.12 bits per heavy atom. The zero-order chi connectivity index (χ0) is 11.7. The minimum Gasteiger partial charge on any atom is -0.489 e. The number of ether oxygens (including phenoxy) is 1. The average Bonchev–Trinajstić information content (AvgIpc) is 2.27. The van der Waals surface area contributed by atoms with E-state index in [2.05, 4.69) is 5.32 Å². The third-order valence-electron chi connectivity index (χ3n) is 2.26. The van der Waals surface area contributed by atoms with Crippen LogP contribution in [0.4, 0.5) is 5.69 Å². The van der Waals surface area contributed by atoms with Gasteiger partial charge >= 0.3 is 11.9 Å². The van der Waals surface area contributed by atoms with Crippen LogP contribution in [0.1, 0.15) is 10.4 Å². The summed E-state index contributed by atoms with van der Waals surface area (Å²) >= 11 is 0. The van der Waals surface area contributed by atoms with E-state index in [0.29, 0.717) is 11.4 Å². The molecular weight excluding hydrogens is 214 g/mol. The lowest BCUT2D eigenvalue weighted by Crippen LogP contribution is -2.38. The molecule has 0 spiro atoms. The van der Waals surface area contributed by atoms with Crippen LogP contribution in [0.5, 0.6) is 5.75 Å². The summed E-state index contributed by atoms with van der Waals surface area (Å²) < 4.78 is 5.18. The fourth-order valence-electron chi connectivity index (χ4n) is 1.43. The summed E-state index contributed by atoms with van der Waals surface area (Å²) in [5, 5.41) is 20.3. The fraction of sp³-hybridized carbons (Fsp3) is 0.200. The molecule has 1 aliphatic heterocycles. The first kappa shape index (κ1) is 10.3. The molecular formula is C10H9NO5. The molecule has 2 rings (SSSR count). The van der Waals surface area contributed by atoms with Crippen molar-refractivity contribution in [3.63, 3.8) is 0 Å². The highest BCUT2D eigenvalue weighted by atomic mass is 16.5. The molecule has 6 nitrogen and oxygen atoms in total. The van der Waals surface area contributed by atoms with Crippen LogP contribution in [-0.2, 0) is 4.79 Å². The molecule has 0 radical (unpaired) electrons. The Kier molecular flexibility index (Phi) is 2.40. The van der Waals surface area contributed by atoms with Crippen molar-refractivity contribution in [2.75, 3.05) is 11.9 Å². The van der Waals surface area contributed by atoms with Crippen LogP contribution in [0, 0.1) is 0 Å². The van der Waals surface area contributed by atoms with Gasteiger partial charge in [-0.05, 0) is 18.2 Å². The highest BCUT2D eigenvalue weighted by Crippen LogP contribution is 2.29. The van der Waals surface area contributed by atoms with Crippen molar-refractivity contribution in [1.82, 2.24) is 0 Å². The summed E-state index contributed by atoms with van der Waals surface area (Å²) in [6.07, 6.45) is 0. The molecule has 6 heteroatoms. The molecule has 0 aliphatic carbocycles. The topological polar surface area (TPSA) is 95.9 Å². The van der Waals surface area contributed by atoms with Gasteiger partial charge in [-0.3, -0.25) is 0 Å². The number of benzene rings is 1. The lowest BCUT2D eigenvalue weighted by molar-refractivity contribution is -0.138. The maximum absolute atomic E-state index is 10.7. The molecule has 0 aromatic heterocycles. The molecule has 1 unspecified atom stereocenters. The zero-order valence-electron chi connectivity index (χ0n) is 8.14. The van der Waals surface area contributed by atoms with Crippen molar-refractivity contribution < 1.29 is 24.5 Å². The molecule has 16 heavy (non-hydrogen) atoms. The minimum absolute atomic E-state index is 0.0224. The van der Waals surface area contributed by atoms with Gasteiger partial charge in [0.05, 0.1) is 11.3 Å². The lowest BCUT2D eigenvalue weighted by atomic mass is 10.1. The zero-order valence-corrected chi connectivity index (χ0v) is 8.14. The van der Waals surface area contributed by atoms with E-state index in [-0.39, 0.29) is 12.2 Å². The van der Waals surface area contributed by atoms with Gasteiger partial charge in [-0.1, -0.05) is 0 Å². The Labute approximate surface area is 90.5 Å². The molecule has 1 aliphatic rings.